The summed E-state index contributed by atoms with van der Waals surface area (Å²) < 4.78 is 10.6. The average molecular weight is 301 g/mol. The number of methoxy groups -OCH3 is 1. The summed E-state index contributed by atoms with van der Waals surface area (Å²) in [6.45, 7) is 2.16. The quantitative estimate of drug-likeness (QED) is 0.890. The minimum Gasteiger partial charge on any atom is -0.462 e. The molecule has 2 rings (SSSR count). The zero-order valence-corrected chi connectivity index (χ0v) is 12.7. The topological polar surface area (TPSA) is 68.5 Å². The summed E-state index contributed by atoms with van der Waals surface area (Å²) >= 11 is 0. The van der Waals surface area contributed by atoms with Gasteiger partial charge in [-0.25, -0.2) is 0 Å². The van der Waals surface area contributed by atoms with Gasteiger partial charge in [-0.05, 0) is 18.6 Å². The molecule has 0 aliphatic rings. The highest BCUT2D eigenvalue weighted by Crippen LogP contribution is 2.14. The lowest BCUT2D eigenvalue weighted by Crippen LogP contribution is -2.24. The molecule has 1 aromatic carbocycles. The third kappa shape index (κ3) is 3.83. The second kappa shape index (κ2) is 7.56. The van der Waals surface area contributed by atoms with Crippen LogP contribution in [0.15, 0.2) is 45.6 Å². The fourth-order valence-corrected chi connectivity index (χ4v) is 2.16. The molecule has 1 aromatic heterocycles. The lowest BCUT2D eigenvalue weighted by atomic mass is 10.1. The van der Waals surface area contributed by atoms with Crippen molar-refractivity contribution in [3.05, 3.63) is 63.7 Å². The number of hydrogen-bond acceptors (Lipinski definition) is 4. The summed E-state index contributed by atoms with van der Waals surface area (Å²) in [6.07, 6.45) is 1.29. The molecule has 0 saturated carbocycles. The Morgan fingerprint density at radius 1 is 1.27 bits per heavy atom. The number of aryl methyl sites for hydroxylation is 1. The Morgan fingerprint density at radius 3 is 2.64 bits per heavy atom. The summed E-state index contributed by atoms with van der Waals surface area (Å²) in [7, 11) is 1.52. The number of benzene rings is 1. The van der Waals surface area contributed by atoms with Crippen molar-refractivity contribution in [1.29, 1.82) is 0 Å². The molecule has 0 unspecified atom stereocenters. The molecule has 2 aromatic rings. The van der Waals surface area contributed by atoms with E-state index in [1.165, 1.54) is 13.2 Å². The van der Waals surface area contributed by atoms with Crippen LogP contribution < -0.4 is 10.7 Å². The molecule has 0 aliphatic carbocycles. The molecule has 1 N–H and O–H groups in total. The van der Waals surface area contributed by atoms with Gasteiger partial charge in [0.25, 0.3) is 5.91 Å². The Labute approximate surface area is 128 Å². The molecular weight excluding hydrogens is 282 g/mol. The maximum Gasteiger partial charge on any atom is 0.263 e. The average Bonchev–Trinajstić information content (AvgIpc) is 2.48. The lowest BCUT2D eigenvalue weighted by Gasteiger charge is -2.10. The summed E-state index contributed by atoms with van der Waals surface area (Å²) in [5.74, 6) is 0.370. The minimum atomic E-state index is -0.452. The van der Waals surface area contributed by atoms with Crippen LogP contribution in [0.25, 0.3) is 0 Å². The zero-order valence-electron chi connectivity index (χ0n) is 12.7. The maximum absolute atomic E-state index is 12.4. The first-order chi connectivity index (χ1) is 10.7. The number of amides is 1. The van der Waals surface area contributed by atoms with Crippen LogP contribution in [0.2, 0.25) is 0 Å². The van der Waals surface area contributed by atoms with Crippen LogP contribution in [0.4, 0.5) is 5.69 Å². The Hall–Kier alpha value is -2.40. The predicted molar refractivity (Wildman–Crippen MR) is 84.1 cm³/mol. The first-order valence-corrected chi connectivity index (χ1v) is 7.17. The largest absolute Gasteiger partial charge is 0.462 e. The number of rotatable bonds is 6. The highest BCUT2D eigenvalue weighted by molar-refractivity contribution is 6.04. The number of anilines is 1. The van der Waals surface area contributed by atoms with Crippen molar-refractivity contribution >= 4 is 11.6 Å². The van der Waals surface area contributed by atoms with Crippen molar-refractivity contribution in [1.82, 2.24) is 0 Å². The van der Waals surface area contributed by atoms with Crippen LogP contribution in [0.1, 0.15) is 35.2 Å². The summed E-state index contributed by atoms with van der Waals surface area (Å²) in [5, 5.41) is 2.72. The van der Waals surface area contributed by atoms with E-state index < -0.39 is 5.91 Å². The van der Waals surface area contributed by atoms with Crippen molar-refractivity contribution < 1.29 is 13.9 Å². The first-order valence-electron chi connectivity index (χ1n) is 7.17. The monoisotopic (exact) mass is 301 g/mol. The predicted octanol–water partition coefficient (Wildman–Crippen LogP) is 2.99. The van der Waals surface area contributed by atoms with Crippen molar-refractivity contribution in [3.63, 3.8) is 0 Å². The van der Waals surface area contributed by atoms with Crippen LogP contribution in [-0.2, 0) is 17.8 Å². The van der Waals surface area contributed by atoms with Crippen LogP contribution in [0.5, 0.6) is 0 Å². The van der Waals surface area contributed by atoms with Gasteiger partial charge in [-0.15, -0.1) is 0 Å². The van der Waals surface area contributed by atoms with Crippen molar-refractivity contribution in [2.45, 2.75) is 26.4 Å². The van der Waals surface area contributed by atoms with Gasteiger partial charge >= 0.3 is 0 Å². The van der Waals surface area contributed by atoms with Crippen molar-refractivity contribution in [3.8, 4) is 0 Å². The van der Waals surface area contributed by atoms with Crippen LogP contribution in [0.3, 0.4) is 0 Å². The van der Waals surface area contributed by atoms with E-state index in [-0.39, 0.29) is 17.6 Å². The fraction of sp³-hybridized carbons (Fsp3) is 0.294. The van der Waals surface area contributed by atoms with Gasteiger partial charge in [-0.1, -0.05) is 25.1 Å². The molecule has 22 heavy (non-hydrogen) atoms. The van der Waals surface area contributed by atoms with E-state index in [4.69, 9.17) is 9.15 Å². The van der Waals surface area contributed by atoms with Gasteiger partial charge in [0, 0.05) is 25.3 Å². The van der Waals surface area contributed by atoms with Gasteiger partial charge in [0.05, 0.1) is 0 Å². The number of nitrogens with one attached hydrogen (secondary N) is 1. The Balaban J connectivity index is 2.36. The number of carbonyl (C=O) groups is 1. The summed E-state index contributed by atoms with van der Waals surface area (Å²) in [6, 6.07) is 10.3. The lowest BCUT2D eigenvalue weighted by molar-refractivity contribution is 0.102. The molecule has 0 spiro atoms. The standard InChI is InChI=1S/C17H19NO4/c1-3-7-15-16(14(19)10-13(22-15)11-21-2)17(20)18-12-8-5-4-6-9-12/h4-6,8-10H,3,7,11H2,1-2H3,(H,18,20). The Bertz CT molecular complexity index is 692. The molecule has 1 heterocycles. The number of para-hydroxylation sites is 1. The third-order valence-corrected chi connectivity index (χ3v) is 3.09. The van der Waals surface area contributed by atoms with E-state index in [0.29, 0.717) is 23.6 Å². The second-order valence-electron chi connectivity index (χ2n) is 4.88. The molecule has 116 valence electrons. The van der Waals surface area contributed by atoms with E-state index >= 15 is 0 Å². The molecule has 0 aliphatic heterocycles. The molecule has 1 amide bonds. The zero-order chi connectivity index (χ0) is 15.9. The van der Waals surface area contributed by atoms with Gasteiger partial charge in [-0.3, -0.25) is 9.59 Å². The van der Waals surface area contributed by atoms with Crippen LogP contribution >= 0.6 is 0 Å². The minimum absolute atomic E-state index is 0.0607. The number of hydrogen-bond donors (Lipinski definition) is 1. The number of ether oxygens (including phenoxy) is 1. The molecule has 5 heteroatoms. The van der Waals surface area contributed by atoms with Gasteiger partial charge in [-0.2, -0.15) is 0 Å². The fourth-order valence-electron chi connectivity index (χ4n) is 2.16. The smallest absolute Gasteiger partial charge is 0.263 e. The molecular formula is C17H19NO4. The van der Waals surface area contributed by atoms with E-state index in [9.17, 15) is 9.59 Å². The normalized spacial score (nSPS) is 10.5. The Morgan fingerprint density at radius 2 is 2.00 bits per heavy atom. The van der Waals surface area contributed by atoms with E-state index in [0.717, 1.165) is 6.42 Å². The highest BCUT2D eigenvalue weighted by atomic mass is 16.5. The van der Waals surface area contributed by atoms with E-state index in [1.54, 1.807) is 12.1 Å². The molecule has 0 atom stereocenters. The summed E-state index contributed by atoms with van der Waals surface area (Å²) in [4.78, 5) is 24.7. The van der Waals surface area contributed by atoms with Gasteiger partial charge in [0.15, 0.2) is 5.43 Å². The maximum atomic E-state index is 12.4. The van der Waals surface area contributed by atoms with Crippen molar-refractivity contribution in [2.75, 3.05) is 12.4 Å². The molecule has 0 bridgehead atoms. The van der Waals surface area contributed by atoms with Gasteiger partial charge < -0.3 is 14.5 Å². The number of carbonyl (C=O) groups excluding carboxylic acids is 1. The molecule has 0 fully saturated rings. The molecule has 0 saturated heterocycles. The van der Waals surface area contributed by atoms with E-state index in [1.807, 2.05) is 25.1 Å². The molecule has 5 nitrogen and oxygen atoms in total. The van der Waals surface area contributed by atoms with E-state index in [2.05, 4.69) is 5.32 Å². The summed E-state index contributed by atoms with van der Waals surface area (Å²) in [5.41, 5.74) is 0.344. The van der Waals surface area contributed by atoms with Crippen molar-refractivity contribution in [2.24, 2.45) is 0 Å². The van der Waals surface area contributed by atoms with Gasteiger partial charge in [0.1, 0.15) is 23.7 Å². The second-order valence-corrected chi connectivity index (χ2v) is 4.88. The van der Waals surface area contributed by atoms with Crippen LogP contribution in [-0.4, -0.2) is 13.0 Å². The molecule has 0 radical (unpaired) electrons. The van der Waals surface area contributed by atoms with Crippen LogP contribution in [0, 0.1) is 0 Å². The third-order valence-electron chi connectivity index (χ3n) is 3.09. The Kier molecular flexibility index (Phi) is 5.49. The van der Waals surface area contributed by atoms with Gasteiger partial charge in [0.2, 0.25) is 0 Å². The highest BCUT2D eigenvalue weighted by Gasteiger charge is 2.19. The first kappa shape index (κ1) is 16.0. The SMILES string of the molecule is CCCc1oc(COC)cc(=O)c1C(=O)Nc1ccccc1.